The Morgan fingerprint density at radius 1 is 1.50 bits per heavy atom. The number of hydrogen-bond acceptors (Lipinski definition) is 3. The summed E-state index contributed by atoms with van der Waals surface area (Å²) < 4.78 is 2.88. The average Bonchev–Trinajstić information content (AvgIpc) is 2.55. The van der Waals surface area contributed by atoms with Gasteiger partial charge in [-0.15, -0.1) is 0 Å². The van der Waals surface area contributed by atoms with Gasteiger partial charge in [0.2, 0.25) is 5.91 Å². The van der Waals surface area contributed by atoms with Crippen molar-refractivity contribution in [3.05, 3.63) is 15.9 Å². The highest BCUT2D eigenvalue weighted by atomic mass is 79.9. The van der Waals surface area contributed by atoms with Crippen LogP contribution in [0.15, 0.2) is 4.47 Å². The molecule has 18 heavy (non-hydrogen) atoms. The molecule has 0 aromatic carbocycles. The maximum Gasteiger partial charge on any atom is 0.234 e. The van der Waals surface area contributed by atoms with E-state index >= 15 is 0 Å². The Balaban J connectivity index is 2.49. The Labute approximate surface area is 116 Å². The lowest BCUT2D eigenvalue weighted by molar-refractivity contribution is -0.120. The van der Waals surface area contributed by atoms with E-state index in [0.29, 0.717) is 13.1 Å². The number of nitrogens with zero attached hydrogens (tertiary/aromatic N) is 2. The standard InChI is InChI=1S/C12H21BrN4O/c1-5-9-12(13)10(17(4)16-9)6-14-7-11(18)15-8(2)3/h8,14H,5-7H2,1-4H3,(H,15,18). The van der Waals surface area contributed by atoms with Crippen LogP contribution in [0.5, 0.6) is 0 Å². The quantitative estimate of drug-likeness (QED) is 0.833. The summed E-state index contributed by atoms with van der Waals surface area (Å²) in [6.07, 6.45) is 0.891. The lowest BCUT2D eigenvalue weighted by atomic mass is 10.3. The zero-order valence-electron chi connectivity index (χ0n) is 11.4. The molecule has 6 heteroatoms. The SMILES string of the molecule is CCc1nn(C)c(CNCC(=O)NC(C)C)c1Br. The van der Waals surface area contributed by atoms with E-state index < -0.39 is 0 Å². The molecule has 0 atom stereocenters. The number of nitrogens with one attached hydrogen (secondary N) is 2. The van der Waals surface area contributed by atoms with Gasteiger partial charge in [-0.3, -0.25) is 9.48 Å². The molecule has 1 amide bonds. The lowest BCUT2D eigenvalue weighted by Crippen LogP contribution is -2.37. The van der Waals surface area contributed by atoms with E-state index in [1.807, 2.05) is 25.6 Å². The molecule has 1 rings (SSSR count). The molecule has 0 spiro atoms. The fourth-order valence-electron chi connectivity index (χ4n) is 1.68. The molecule has 0 aliphatic carbocycles. The van der Waals surface area contributed by atoms with Crippen molar-refractivity contribution in [3.63, 3.8) is 0 Å². The smallest absolute Gasteiger partial charge is 0.234 e. The fraction of sp³-hybridized carbons (Fsp3) is 0.667. The second-order valence-corrected chi connectivity index (χ2v) is 5.30. The van der Waals surface area contributed by atoms with E-state index in [1.54, 1.807) is 0 Å². The van der Waals surface area contributed by atoms with Crippen LogP contribution >= 0.6 is 15.9 Å². The molecule has 0 saturated carbocycles. The number of carbonyl (C=O) groups excluding carboxylic acids is 1. The van der Waals surface area contributed by atoms with Crippen molar-refractivity contribution in [1.29, 1.82) is 0 Å². The molecule has 1 aromatic heterocycles. The van der Waals surface area contributed by atoms with Crippen molar-refractivity contribution in [2.24, 2.45) is 7.05 Å². The fourth-order valence-corrected chi connectivity index (χ4v) is 2.44. The summed E-state index contributed by atoms with van der Waals surface area (Å²) in [5, 5.41) is 10.4. The topological polar surface area (TPSA) is 59.0 Å². The molecule has 5 nitrogen and oxygen atoms in total. The van der Waals surface area contributed by atoms with Gasteiger partial charge in [0.05, 0.1) is 22.4 Å². The molecule has 0 aliphatic heterocycles. The molecule has 0 saturated heterocycles. The summed E-state index contributed by atoms with van der Waals surface area (Å²) in [5.41, 5.74) is 2.10. The van der Waals surface area contributed by atoms with Gasteiger partial charge in [0.25, 0.3) is 0 Å². The summed E-state index contributed by atoms with van der Waals surface area (Å²) in [7, 11) is 1.91. The van der Waals surface area contributed by atoms with Crippen LogP contribution in [0.2, 0.25) is 0 Å². The van der Waals surface area contributed by atoms with E-state index in [1.165, 1.54) is 0 Å². The van der Waals surface area contributed by atoms with Crippen LogP contribution < -0.4 is 10.6 Å². The van der Waals surface area contributed by atoms with Crippen LogP contribution in [0.4, 0.5) is 0 Å². The molecule has 102 valence electrons. The van der Waals surface area contributed by atoms with Gasteiger partial charge in [-0.05, 0) is 36.2 Å². The number of hydrogen-bond donors (Lipinski definition) is 2. The maximum absolute atomic E-state index is 11.5. The highest BCUT2D eigenvalue weighted by Gasteiger charge is 2.12. The van der Waals surface area contributed by atoms with Gasteiger partial charge in [0.15, 0.2) is 0 Å². The summed E-state index contributed by atoms with van der Waals surface area (Å²) in [6.45, 7) is 6.90. The van der Waals surface area contributed by atoms with Crippen molar-refractivity contribution >= 4 is 21.8 Å². The number of rotatable bonds is 6. The Morgan fingerprint density at radius 3 is 2.67 bits per heavy atom. The van der Waals surface area contributed by atoms with Gasteiger partial charge < -0.3 is 10.6 Å². The molecular weight excluding hydrogens is 296 g/mol. The van der Waals surface area contributed by atoms with E-state index in [0.717, 1.165) is 22.3 Å². The first-order chi connectivity index (χ1) is 8.45. The van der Waals surface area contributed by atoms with Gasteiger partial charge in [0.1, 0.15) is 0 Å². The van der Waals surface area contributed by atoms with Gasteiger partial charge in [0, 0.05) is 19.6 Å². The van der Waals surface area contributed by atoms with E-state index in [2.05, 4.69) is 38.6 Å². The van der Waals surface area contributed by atoms with Gasteiger partial charge in [-0.1, -0.05) is 6.92 Å². The van der Waals surface area contributed by atoms with Crippen LogP contribution in [0.25, 0.3) is 0 Å². The monoisotopic (exact) mass is 316 g/mol. The summed E-state index contributed by atoms with van der Waals surface area (Å²) >= 11 is 3.55. The highest BCUT2D eigenvalue weighted by Crippen LogP contribution is 2.21. The first kappa shape index (κ1) is 15.2. The maximum atomic E-state index is 11.5. The van der Waals surface area contributed by atoms with Crippen LogP contribution in [-0.2, 0) is 24.8 Å². The third-order valence-corrected chi connectivity index (χ3v) is 3.45. The Bertz CT molecular complexity index is 414. The van der Waals surface area contributed by atoms with Crippen LogP contribution in [-0.4, -0.2) is 28.3 Å². The molecule has 0 bridgehead atoms. The van der Waals surface area contributed by atoms with Gasteiger partial charge in [-0.25, -0.2) is 0 Å². The van der Waals surface area contributed by atoms with Gasteiger partial charge >= 0.3 is 0 Å². The van der Waals surface area contributed by atoms with E-state index in [-0.39, 0.29) is 11.9 Å². The second kappa shape index (κ2) is 6.89. The first-order valence-corrected chi connectivity index (χ1v) is 6.95. The molecule has 2 N–H and O–H groups in total. The number of amides is 1. The van der Waals surface area contributed by atoms with Crippen molar-refractivity contribution in [2.45, 2.75) is 39.8 Å². The third-order valence-electron chi connectivity index (χ3n) is 2.53. The number of aryl methyl sites for hydroxylation is 2. The first-order valence-electron chi connectivity index (χ1n) is 6.16. The van der Waals surface area contributed by atoms with Crippen molar-refractivity contribution < 1.29 is 4.79 Å². The van der Waals surface area contributed by atoms with Crippen LogP contribution in [0.3, 0.4) is 0 Å². The summed E-state index contributed by atoms with van der Waals surface area (Å²) in [5.74, 6) is 0.0130. The second-order valence-electron chi connectivity index (χ2n) is 4.51. The van der Waals surface area contributed by atoms with Gasteiger partial charge in [-0.2, -0.15) is 5.10 Å². The normalized spacial score (nSPS) is 11.0. The Hall–Kier alpha value is -0.880. The third kappa shape index (κ3) is 4.10. The van der Waals surface area contributed by atoms with Crippen molar-refractivity contribution in [3.8, 4) is 0 Å². The molecule has 0 unspecified atom stereocenters. The Morgan fingerprint density at radius 2 is 2.17 bits per heavy atom. The zero-order valence-corrected chi connectivity index (χ0v) is 13.0. The zero-order chi connectivity index (χ0) is 13.7. The number of halogens is 1. The minimum atomic E-state index is 0.0130. The summed E-state index contributed by atoms with van der Waals surface area (Å²) in [4.78, 5) is 11.5. The molecule has 0 radical (unpaired) electrons. The predicted octanol–water partition coefficient (Wildman–Crippen LogP) is 1.36. The molecule has 1 heterocycles. The Kier molecular flexibility index (Phi) is 5.81. The molecule has 1 aromatic rings. The van der Waals surface area contributed by atoms with E-state index in [9.17, 15) is 4.79 Å². The molecule has 0 aliphatic rings. The number of carbonyl (C=O) groups is 1. The molecular formula is C12H21BrN4O. The average molecular weight is 317 g/mol. The largest absolute Gasteiger partial charge is 0.353 e. The van der Waals surface area contributed by atoms with Crippen LogP contribution in [0, 0.1) is 0 Å². The molecule has 0 fully saturated rings. The van der Waals surface area contributed by atoms with Crippen LogP contribution in [0.1, 0.15) is 32.2 Å². The summed E-state index contributed by atoms with van der Waals surface area (Å²) in [6, 6.07) is 0.175. The van der Waals surface area contributed by atoms with Crippen molar-refractivity contribution in [1.82, 2.24) is 20.4 Å². The predicted molar refractivity (Wildman–Crippen MR) is 75.3 cm³/mol. The minimum Gasteiger partial charge on any atom is -0.353 e. The minimum absolute atomic E-state index is 0.0130. The highest BCUT2D eigenvalue weighted by molar-refractivity contribution is 9.10. The number of aromatic nitrogens is 2. The van der Waals surface area contributed by atoms with Crippen molar-refractivity contribution in [2.75, 3.05) is 6.54 Å². The van der Waals surface area contributed by atoms with E-state index in [4.69, 9.17) is 0 Å². The lowest BCUT2D eigenvalue weighted by Gasteiger charge is -2.09.